The zero-order valence-electron chi connectivity index (χ0n) is 22.4. The van der Waals surface area contributed by atoms with Gasteiger partial charge in [0.1, 0.15) is 17.3 Å². The van der Waals surface area contributed by atoms with E-state index in [9.17, 15) is 14.7 Å². The minimum absolute atomic E-state index is 0.0427. The number of carbonyl (C=O) groups excluding carboxylic acids is 2. The van der Waals surface area contributed by atoms with Crippen LogP contribution >= 0.6 is 0 Å². The third-order valence-electron chi connectivity index (χ3n) is 6.78. The number of anilines is 1. The molecule has 6 nitrogen and oxygen atoms in total. The van der Waals surface area contributed by atoms with Gasteiger partial charge < -0.3 is 14.6 Å². The third-order valence-corrected chi connectivity index (χ3v) is 6.78. The molecule has 1 aliphatic rings. The van der Waals surface area contributed by atoms with Gasteiger partial charge in [-0.15, -0.1) is 0 Å². The van der Waals surface area contributed by atoms with Gasteiger partial charge in [0.2, 0.25) is 0 Å². The molecule has 3 aromatic rings. The SMILES string of the molecule is COc1ccc(C2/C(=C(/O)c3ccc(OC)c(C(C)(C)C)c3)C(=O)C(=O)N2c2cc(C)ccc2C)cc1. The lowest BCUT2D eigenvalue weighted by molar-refractivity contribution is -0.132. The van der Waals surface area contributed by atoms with E-state index in [0.717, 1.165) is 16.7 Å². The van der Waals surface area contributed by atoms with Crippen LogP contribution in [0.25, 0.3) is 5.76 Å². The summed E-state index contributed by atoms with van der Waals surface area (Å²) in [5.41, 5.74) is 4.22. The lowest BCUT2D eigenvalue weighted by Crippen LogP contribution is -2.30. The van der Waals surface area contributed by atoms with Crippen LogP contribution < -0.4 is 14.4 Å². The Kier molecular flexibility index (Phi) is 6.87. The number of hydrogen-bond donors (Lipinski definition) is 1. The molecule has 4 rings (SSSR count). The molecule has 1 aliphatic heterocycles. The Labute approximate surface area is 218 Å². The van der Waals surface area contributed by atoms with Crippen molar-refractivity contribution < 1.29 is 24.2 Å². The molecule has 0 aromatic heterocycles. The zero-order chi connectivity index (χ0) is 27.1. The molecule has 0 bridgehead atoms. The normalized spacial score (nSPS) is 17.3. The van der Waals surface area contributed by atoms with E-state index in [0.29, 0.717) is 28.3 Å². The Balaban J connectivity index is 1.98. The van der Waals surface area contributed by atoms with Crippen LogP contribution in [0.3, 0.4) is 0 Å². The molecule has 1 N–H and O–H groups in total. The Morgan fingerprint density at radius 1 is 0.892 bits per heavy atom. The number of benzene rings is 3. The van der Waals surface area contributed by atoms with Gasteiger partial charge in [-0.25, -0.2) is 0 Å². The van der Waals surface area contributed by atoms with Crippen molar-refractivity contribution in [1.82, 2.24) is 0 Å². The molecule has 3 aromatic carbocycles. The van der Waals surface area contributed by atoms with Crippen molar-refractivity contribution >= 4 is 23.1 Å². The number of rotatable bonds is 5. The van der Waals surface area contributed by atoms with Gasteiger partial charge in [-0.05, 0) is 72.4 Å². The second-order valence-electron chi connectivity index (χ2n) is 10.4. The molecule has 0 spiro atoms. The van der Waals surface area contributed by atoms with E-state index in [1.165, 1.54) is 4.90 Å². The number of aliphatic hydroxyl groups excluding tert-OH is 1. The fourth-order valence-corrected chi connectivity index (χ4v) is 4.76. The van der Waals surface area contributed by atoms with Gasteiger partial charge in [-0.2, -0.15) is 0 Å². The van der Waals surface area contributed by atoms with Crippen molar-refractivity contribution in [3.05, 3.63) is 94.1 Å². The molecule has 0 saturated carbocycles. The van der Waals surface area contributed by atoms with Gasteiger partial charge in [-0.1, -0.05) is 45.0 Å². The van der Waals surface area contributed by atoms with Crippen molar-refractivity contribution in [1.29, 1.82) is 0 Å². The molecule has 1 atom stereocenters. The largest absolute Gasteiger partial charge is 0.507 e. The number of methoxy groups -OCH3 is 2. The van der Waals surface area contributed by atoms with E-state index >= 15 is 0 Å². The highest BCUT2D eigenvalue weighted by Gasteiger charge is 2.47. The first-order valence-electron chi connectivity index (χ1n) is 12.2. The number of amides is 1. The van der Waals surface area contributed by atoms with Crippen molar-refractivity contribution in [2.24, 2.45) is 0 Å². The highest BCUT2D eigenvalue weighted by molar-refractivity contribution is 6.51. The van der Waals surface area contributed by atoms with E-state index < -0.39 is 17.7 Å². The number of aryl methyl sites for hydroxylation is 2. The molecule has 37 heavy (non-hydrogen) atoms. The number of ether oxygens (including phenoxy) is 2. The van der Waals surface area contributed by atoms with Gasteiger partial charge in [0, 0.05) is 16.8 Å². The third kappa shape index (κ3) is 4.71. The maximum absolute atomic E-state index is 13.6. The molecule has 0 radical (unpaired) electrons. The smallest absolute Gasteiger partial charge is 0.300 e. The second kappa shape index (κ2) is 9.77. The summed E-state index contributed by atoms with van der Waals surface area (Å²) in [6, 6.07) is 17.5. The average Bonchev–Trinajstić information content (AvgIpc) is 3.14. The summed E-state index contributed by atoms with van der Waals surface area (Å²) in [4.78, 5) is 28.6. The summed E-state index contributed by atoms with van der Waals surface area (Å²) in [5.74, 6) is -0.294. The number of hydrogen-bond acceptors (Lipinski definition) is 5. The summed E-state index contributed by atoms with van der Waals surface area (Å²) >= 11 is 0. The standard InChI is InChI=1S/C31H33NO5/c1-18-8-9-19(2)24(16-18)32-27(20-10-13-22(36-6)14-11-20)26(29(34)30(32)35)28(33)21-12-15-25(37-7)23(17-21)31(3,4)5/h8-17,27,33H,1-7H3/b28-26-. The zero-order valence-corrected chi connectivity index (χ0v) is 22.4. The molecule has 1 amide bonds. The minimum Gasteiger partial charge on any atom is -0.507 e. The molecular weight excluding hydrogens is 466 g/mol. The van der Waals surface area contributed by atoms with Gasteiger partial charge >= 0.3 is 0 Å². The minimum atomic E-state index is -0.813. The molecule has 6 heteroatoms. The Morgan fingerprint density at radius 2 is 1.57 bits per heavy atom. The monoisotopic (exact) mass is 499 g/mol. The quantitative estimate of drug-likeness (QED) is 0.255. The molecule has 1 unspecified atom stereocenters. The maximum atomic E-state index is 13.6. The fourth-order valence-electron chi connectivity index (χ4n) is 4.76. The molecule has 1 heterocycles. The number of aliphatic hydroxyl groups is 1. The fraction of sp³-hybridized carbons (Fsp3) is 0.290. The van der Waals surface area contributed by atoms with Gasteiger partial charge in [0.15, 0.2) is 0 Å². The van der Waals surface area contributed by atoms with Crippen molar-refractivity contribution in [3.8, 4) is 11.5 Å². The number of Topliss-reactive ketones (excluding diaryl/α,β-unsaturated/α-hetero) is 1. The Bertz CT molecular complexity index is 1400. The van der Waals surface area contributed by atoms with Gasteiger partial charge in [0.05, 0.1) is 25.8 Å². The summed E-state index contributed by atoms with van der Waals surface area (Å²) in [6.45, 7) is 9.98. The lowest BCUT2D eigenvalue weighted by atomic mass is 9.84. The van der Waals surface area contributed by atoms with E-state index in [-0.39, 0.29) is 16.7 Å². The predicted octanol–water partition coefficient (Wildman–Crippen LogP) is 6.24. The van der Waals surface area contributed by atoms with Crippen LogP contribution in [0.1, 0.15) is 54.6 Å². The van der Waals surface area contributed by atoms with Crippen molar-refractivity contribution in [2.75, 3.05) is 19.1 Å². The van der Waals surface area contributed by atoms with Gasteiger partial charge in [0.25, 0.3) is 11.7 Å². The van der Waals surface area contributed by atoms with Crippen LogP contribution in [0.4, 0.5) is 5.69 Å². The highest BCUT2D eigenvalue weighted by atomic mass is 16.5. The topological polar surface area (TPSA) is 76.1 Å². The molecule has 192 valence electrons. The van der Waals surface area contributed by atoms with E-state index in [4.69, 9.17) is 9.47 Å². The van der Waals surface area contributed by atoms with Crippen LogP contribution in [0.15, 0.2) is 66.2 Å². The van der Waals surface area contributed by atoms with Crippen molar-refractivity contribution in [3.63, 3.8) is 0 Å². The first kappa shape index (κ1) is 26.0. The van der Waals surface area contributed by atoms with Crippen LogP contribution in [-0.2, 0) is 15.0 Å². The van der Waals surface area contributed by atoms with Gasteiger partial charge in [-0.3, -0.25) is 14.5 Å². The first-order valence-corrected chi connectivity index (χ1v) is 12.2. The average molecular weight is 500 g/mol. The molecule has 0 aliphatic carbocycles. The number of nitrogens with zero attached hydrogens (tertiary/aromatic N) is 1. The Hall–Kier alpha value is -4.06. The summed E-state index contributed by atoms with van der Waals surface area (Å²) in [6.07, 6.45) is 0. The number of carbonyl (C=O) groups is 2. The second-order valence-corrected chi connectivity index (χ2v) is 10.4. The first-order chi connectivity index (χ1) is 17.5. The molecular formula is C31H33NO5. The molecule has 1 fully saturated rings. The Morgan fingerprint density at radius 3 is 2.16 bits per heavy atom. The van der Waals surface area contributed by atoms with E-state index in [2.05, 4.69) is 0 Å². The van der Waals surface area contributed by atoms with Crippen LogP contribution in [-0.4, -0.2) is 31.0 Å². The summed E-state index contributed by atoms with van der Waals surface area (Å²) < 4.78 is 10.9. The highest BCUT2D eigenvalue weighted by Crippen LogP contribution is 2.44. The maximum Gasteiger partial charge on any atom is 0.300 e. The summed E-state index contributed by atoms with van der Waals surface area (Å²) in [5, 5.41) is 11.6. The van der Waals surface area contributed by atoms with Crippen molar-refractivity contribution in [2.45, 2.75) is 46.1 Å². The van der Waals surface area contributed by atoms with Crippen LogP contribution in [0, 0.1) is 13.8 Å². The van der Waals surface area contributed by atoms with Crippen LogP contribution in [0.5, 0.6) is 11.5 Å². The van der Waals surface area contributed by atoms with E-state index in [1.807, 2.05) is 71.0 Å². The van der Waals surface area contributed by atoms with E-state index in [1.54, 1.807) is 38.5 Å². The predicted molar refractivity (Wildman–Crippen MR) is 145 cm³/mol. The number of ketones is 1. The summed E-state index contributed by atoms with van der Waals surface area (Å²) in [7, 11) is 3.18. The molecule has 1 saturated heterocycles. The van der Waals surface area contributed by atoms with Crippen LogP contribution in [0.2, 0.25) is 0 Å². The lowest BCUT2D eigenvalue weighted by Gasteiger charge is -2.27.